The standard InChI is InChI=1S/C18H14ClF3N2O3/c1-10(25)11-3-2-4-13(7-11)23-16(26)9-17(27)24-15-6-5-12(19)8-14(15)18(20,21)22/h2-8H,9H2,1H3,(H,23,26)(H,24,27). The lowest BCUT2D eigenvalue weighted by Gasteiger charge is -2.14. The van der Waals surface area contributed by atoms with Gasteiger partial charge >= 0.3 is 6.18 Å². The summed E-state index contributed by atoms with van der Waals surface area (Å²) in [5.74, 6) is -1.87. The summed E-state index contributed by atoms with van der Waals surface area (Å²) in [4.78, 5) is 35.2. The molecule has 0 radical (unpaired) electrons. The molecule has 2 N–H and O–H groups in total. The van der Waals surface area contributed by atoms with Crippen molar-refractivity contribution in [3.8, 4) is 0 Å². The number of amides is 2. The molecule has 0 aliphatic heterocycles. The molecule has 0 saturated carbocycles. The first kappa shape index (κ1) is 20.4. The van der Waals surface area contributed by atoms with E-state index >= 15 is 0 Å². The molecule has 0 unspecified atom stereocenters. The van der Waals surface area contributed by atoms with Gasteiger partial charge in [0.05, 0.1) is 11.3 Å². The maximum Gasteiger partial charge on any atom is 0.418 e. The number of anilines is 2. The van der Waals surface area contributed by atoms with Crippen molar-refractivity contribution in [1.29, 1.82) is 0 Å². The van der Waals surface area contributed by atoms with Crippen molar-refractivity contribution in [1.82, 2.24) is 0 Å². The van der Waals surface area contributed by atoms with Crippen molar-refractivity contribution in [3.63, 3.8) is 0 Å². The normalized spacial score (nSPS) is 11.0. The molecule has 0 aromatic heterocycles. The maximum absolute atomic E-state index is 13.0. The molecule has 0 atom stereocenters. The van der Waals surface area contributed by atoms with Crippen molar-refractivity contribution in [2.45, 2.75) is 19.5 Å². The highest BCUT2D eigenvalue weighted by atomic mass is 35.5. The van der Waals surface area contributed by atoms with Gasteiger partial charge in [0.15, 0.2) is 5.78 Å². The number of carbonyl (C=O) groups is 3. The summed E-state index contributed by atoms with van der Waals surface area (Å²) >= 11 is 5.57. The molecule has 0 aliphatic rings. The largest absolute Gasteiger partial charge is 0.418 e. The molecule has 0 saturated heterocycles. The lowest BCUT2D eigenvalue weighted by molar-refractivity contribution is -0.137. The molecule has 27 heavy (non-hydrogen) atoms. The van der Waals surface area contributed by atoms with E-state index in [-0.39, 0.29) is 10.8 Å². The van der Waals surface area contributed by atoms with E-state index in [0.717, 1.165) is 6.07 Å². The molecule has 5 nitrogen and oxygen atoms in total. The second-order valence-corrected chi connectivity index (χ2v) is 6.03. The van der Waals surface area contributed by atoms with Gasteiger partial charge in [-0.05, 0) is 37.3 Å². The number of nitrogens with one attached hydrogen (secondary N) is 2. The minimum absolute atomic E-state index is 0.136. The van der Waals surface area contributed by atoms with E-state index in [0.29, 0.717) is 17.3 Å². The third-order valence-electron chi connectivity index (χ3n) is 3.44. The van der Waals surface area contributed by atoms with Crippen LogP contribution in [0.5, 0.6) is 0 Å². The SMILES string of the molecule is CC(=O)c1cccc(NC(=O)CC(=O)Nc2ccc(Cl)cc2C(F)(F)F)c1. The monoisotopic (exact) mass is 398 g/mol. The number of benzene rings is 2. The molecule has 9 heteroatoms. The Kier molecular flexibility index (Phi) is 6.22. The molecule has 0 heterocycles. The minimum Gasteiger partial charge on any atom is -0.326 e. The quantitative estimate of drug-likeness (QED) is 0.574. The van der Waals surface area contributed by atoms with Crippen LogP contribution in [0.3, 0.4) is 0 Å². The van der Waals surface area contributed by atoms with Gasteiger partial charge in [-0.3, -0.25) is 14.4 Å². The van der Waals surface area contributed by atoms with Gasteiger partial charge < -0.3 is 10.6 Å². The molecule has 0 aliphatic carbocycles. The van der Waals surface area contributed by atoms with Crippen LogP contribution >= 0.6 is 11.6 Å². The fourth-order valence-electron chi connectivity index (χ4n) is 2.22. The zero-order valence-corrected chi connectivity index (χ0v) is 14.7. The van der Waals surface area contributed by atoms with Gasteiger partial charge in [0.25, 0.3) is 0 Å². The van der Waals surface area contributed by atoms with Crippen LogP contribution < -0.4 is 10.6 Å². The average molecular weight is 399 g/mol. The zero-order valence-electron chi connectivity index (χ0n) is 14.0. The lowest BCUT2D eigenvalue weighted by atomic mass is 10.1. The van der Waals surface area contributed by atoms with E-state index in [1.807, 2.05) is 0 Å². The van der Waals surface area contributed by atoms with Gasteiger partial charge in [0.2, 0.25) is 11.8 Å². The number of carbonyl (C=O) groups excluding carboxylic acids is 3. The van der Waals surface area contributed by atoms with Crippen molar-refractivity contribution in [2.75, 3.05) is 10.6 Å². The number of alkyl halides is 3. The third kappa shape index (κ3) is 5.82. The summed E-state index contributed by atoms with van der Waals surface area (Å²) in [5, 5.41) is 4.33. The molecule has 0 spiro atoms. The molecule has 2 rings (SSSR count). The Bertz CT molecular complexity index is 898. The summed E-state index contributed by atoms with van der Waals surface area (Å²) in [6.45, 7) is 1.36. The first-order chi connectivity index (χ1) is 12.6. The zero-order chi connectivity index (χ0) is 20.2. The third-order valence-corrected chi connectivity index (χ3v) is 3.67. The second kappa shape index (κ2) is 8.22. The second-order valence-electron chi connectivity index (χ2n) is 5.60. The molecular weight excluding hydrogens is 385 g/mol. The number of hydrogen-bond donors (Lipinski definition) is 2. The van der Waals surface area contributed by atoms with Crippen molar-refractivity contribution < 1.29 is 27.6 Å². The number of ketones is 1. The van der Waals surface area contributed by atoms with Gasteiger partial charge in [-0.1, -0.05) is 23.7 Å². The van der Waals surface area contributed by atoms with E-state index in [4.69, 9.17) is 11.6 Å². The average Bonchev–Trinajstić information content (AvgIpc) is 2.55. The van der Waals surface area contributed by atoms with E-state index in [9.17, 15) is 27.6 Å². The van der Waals surface area contributed by atoms with Gasteiger partial charge in [-0.25, -0.2) is 0 Å². The van der Waals surface area contributed by atoms with Crippen LogP contribution in [-0.4, -0.2) is 17.6 Å². The molecular formula is C18H14ClF3N2O3. The van der Waals surface area contributed by atoms with Gasteiger partial charge in [-0.2, -0.15) is 13.2 Å². The van der Waals surface area contributed by atoms with E-state index in [2.05, 4.69) is 10.6 Å². The number of Topliss-reactive ketones (excluding diaryl/α,β-unsaturated/α-hetero) is 1. The smallest absolute Gasteiger partial charge is 0.326 e. The highest BCUT2D eigenvalue weighted by Crippen LogP contribution is 2.36. The van der Waals surface area contributed by atoms with Gasteiger partial charge in [-0.15, -0.1) is 0 Å². The molecule has 0 fully saturated rings. The fourth-order valence-corrected chi connectivity index (χ4v) is 2.39. The highest BCUT2D eigenvalue weighted by molar-refractivity contribution is 6.30. The van der Waals surface area contributed by atoms with Crippen molar-refractivity contribution in [3.05, 3.63) is 58.6 Å². The molecule has 0 bridgehead atoms. The highest BCUT2D eigenvalue weighted by Gasteiger charge is 2.34. The van der Waals surface area contributed by atoms with Crippen LogP contribution in [0.4, 0.5) is 24.5 Å². The first-order valence-corrected chi connectivity index (χ1v) is 8.01. The van der Waals surface area contributed by atoms with Gasteiger partial charge in [0, 0.05) is 16.3 Å². The number of halogens is 4. The fraction of sp³-hybridized carbons (Fsp3) is 0.167. The Hall–Kier alpha value is -2.87. The first-order valence-electron chi connectivity index (χ1n) is 7.63. The maximum atomic E-state index is 13.0. The minimum atomic E-state index is -4.72. The molecule has 2 amide bonds. The number of hydrogen-bond acceptors (Lipinski definition) is 3. The summed E-state index contributed by atoms with van der Waals surface area (Å²) < 4.78 is 39.0. The van der Waals surface area contributed by atoms with E-state index in [1.54, 1.807) is 12.1 Å². The topological polar surface area (TPSA) is 75.3 Å². The van der Waals surface area contributed by atoms with Gasteiger partial charge in [0.1, 0.15) is 6.42 Å². The predicted octanol–water partition coefficient (Wildman–Crippen LogP) is 4.53. The van der Waals surface area contributed by atoms with Crippen LogP contribution in [0, 0.1) is 0 Å². The summed E-state index contributed by atoms with van der Waals surface area (Å²) in [6, 6.07) is 8.95. The van der Waals surface area contributed by atoms with Crippen molar-refractivity contribution >= 4 is 40.6 Å². The molecule has 142 valence electrons. The lowest BCUT2D eigenvalue weighted by Crippen LogP contribution is -2.23. The number of rotatable bonds is 5. The van der Waals surface area contributed by atoms with Crippen molar-refractivity contribution in [2.24, 2.45) is 0 Å². The van der Waals surface area contributed by atoms with E-state index < -0.39 is 35.7 Å². The Balaban J connectivity index is 2.05. The Morgan fingerprint density at radius 2 is 1.67 bits per heavy atom. The Morgan fingerprint density at radius 3 is 2.30 bits per heavy atom. The van der Waals surface area contributed by atoms with E-state index in [1.165, 1.54) is 25.1 Å². The van der Waals surface area contributed by atoms with Crippen LogP contribution in [0.1, 0.15) is 29.3 Å². The predicted molar refractivity (Wildman–Crippen MR) is 94.8 cm³/mol. The Morgan fingerprint density at radius 1 is 1.00 bits per heavy atom. The Labute approximate surface area is 157 Å². The van der Waals surface area contributed by atoms with Crippen LogP contribution in [0.25, 0.3) is 0 Å². The van der Waals surface area contributed by atoms with Crippen LogP contribution in [-0.2, 0) is 15.8 Å². The molecule has 2 aromatic carbocycles. The van der Waals surface area contributed by atoms with Crippen LogP contribution in [0.15, 0.2) is 42.5 Å². The summed E-state index contributed by atoms with van der Waals surface area (Å²) in [7, 11) is 0. The molecule has 2 aromatic rings. The summed E-state index contributed by atoms with van der Waals surface area (Å²) in [5.41, 5.74) is -0.947. The van der Waals surface area contributed by atoms with Crippen LogP contribution in [0.2, 0.25) is 5.02 Å². The summed E-state index contributed by atoms with van der Waals surface area (Å²) in [6.07, 6.45) is -5.42.